The smallest absolute Gasteiger partial charge is 0.269 e. The first kappa shape index (κ1) is 12.3. The molecule has 0 aliphatic heterocycles. The fourth-order valence-corrected chi connectivity index (χ4v) is 2.58. The summed E-state index contributed by atoms with van der Waals surface area (Å²) in [5.41, 5.74) is 4.19. The van der Waals surface area contributed by atoms with Crippen LogP contribution in [0.3, 0.4) is 0 Å². The van der Waals surface area contributed by atoms with Crippen LogP contribution in [0.2, 0.25) is 0 Å². The highest BCUT2D eigenvalue weighted by Crippen LogP contribution is 2.27. The minimum Gasteiger partial charge on any atom is -0.359 e. The molecule has 0 spiro atoms. The van der Waals surface area contributed by atoms with Gasteiger partial charge in [-0.2, -0.15) is 8.42 Å². The van der Waals surface area contributed by atoms with Crippen molar-refractivity contribution in [2.75, 3.05) is 0 Å². The third-order valence-electron chi connectivity index (χ3n) is 1.93. The molecule has 0 amide bonds. The van der Waals surface area contributed by atoms with Crippen molar-refractivity contribution in [3.8, 4) is 12.0 Å². The van der Waals surface area contributed by atoms with Gasteiger partial charge in [-0.05, 0) is 20.3 Å². The molecule has 0 aromatic heterocycles. The average molecular weight is 205 g/mol. The molecule has 0 saturated heterocycles. The van der Waals surface area contributed by atoms with E-state index in [1.807, 2.05) is 0 Å². The van der Waals surface area contributed by atoms with Crippen molar-refractivity contribution in [1.29, 1.82) is 0 Å². The van der Waals surface area contributed by atoms with Crippen LogP contribution in [0.15, 0.2) is 0 Å². The molecule has 13 heavy (non-hydrogen) atoms. The fourth-order valence-electron chi connectivity index (χ4n) is 1.36. The second-order valence-electron chi connectivity index (χ2n) is 3.40. The first-order chi connectivity index (χ1) is 5.75. The first-order valence-electron chi connectivity index (χ1n) is 3.94. The van der Waals surface area contributed by atoms with Crippen LogP contribution in [0.4, 0.5) is 0 Å². The van der Waals surface area contributed by atoms with Gasteiger partial charge in [0.2, 0.25) is 0 Å². The van der Waals surface area contributed by atoms with Crippen LogP contribution in [0.1, 0.15) is 27.2 Å². The van der Waals surface area contributed by atoms with E-state index in [1.54, 1.807) is 20.8 Å². The van der Waals surface area contributed by atoms with Crippen molar-refractivity contribution >= 4 is 10.1 Å². The zero-order valence-electron chi connectivity index (χ0n) is 8.03. The van der Waals surface area contributed by atoms with Gasteiger partial charge in [0.1, 0.15) is 5.25 Å². The monoisotopic (exact) mass is 205 g/mol. The maximum Gasteiger partial charge on any atom is 0.269 e. The lowest BCUT2D eigenvalue weighted by molar-refractivity contribution is 0.393. The Balaban J connectivity index is 5.07. The van der Waals surface area contributed by atoms with Crippen LogP contribution in [-0.2, 0) is 10.1 Å². The van der Waals surface area contributed by atoms with Crippen LogP contribution >= 0.6 is 0 Å². The number of rotatable bonds is 3. The lowest BCUT2D eigenvalue weighted by atomic mass is 9.88. The van der Waals surface area contributed by atoms with E-state index in [9.17, 15) is 8.42 Å². The highest BCUT2D eigenvalue weighted by atomic mass is 32.2. The molecule has 0 heterocycles. The first-order valence-corrected chi connectivity index (χ1v) is 5.45. The van der Waals surface area contributed by atoms with Gasteiger partial charge in [-0.1, -0.05) is 12.8 Å². The molecule has 0 fully saturated rings. The van der Waals surface area contributed by atoms with Gasteiger partial charge in [-0.25, -0.2) is 0 Å². The number of hydrogen-bond donors (Lipinski definition) is 2. The zero-order chi connectivity index (χ0) is 10.7. The number of nitrogens with two attached hydrogens (primary N) is 1. The van der Waals surface area contributed by atoms with E-state index in [-0.39, 0.29) is 0 Å². The largest absolute Gasteiger partial charge is 0.359 e. The van der Waals surface area contributed by atoms with Crippen LogP contribution < -0.4 is 5.73 Å². The summed E-state index contributed by atoms with van der Waals surface area (Å²) in [5, 5.41) is -0.893. The Morgan fingerprint density at radius 3 is 2.23 bits per heavy atom. The molecule has 0 rings (SSSR count). The molecular weight excluding hydrogens is 190 g/mol. The van der Waals surface area contributed by atoms with E-state index in [1.165, 1.54) is 0 Å². The van der Waals surface area contributed by atoms with Gasteiger partial charge < -0.3 is 5.73 Å². The molecule has 0 radical (unpaired) electrons. The molecule has 5 heteroatoms. The summed E-state index contributed by atoms with van der Waals surface area (Å²) in [6.45, 7) is 4.95. The molecule has 0 aromatic rings. The van der Waals surface area contributed by atoms with Crippen LogP contribution in [-0.4, -0.2) is 18.2 Å². The third-order valence-corrected chi connectivity index (χ3v) is 3.57. The molecule has 1 unspecified atom stereocenters. The van der Waals surface area contributed by atoms with E-state index < -0.39 is 20.8 Å². The minimum absolute atomic E-state index is 0.306. The van der Waals surface area contributed by atoms with Crippen molar-refractivity contribution in [2.24, 2.45) is 11.1 Å². The van der Waals surface area contributed by atoms with Crippen LogP contribution in [0.5, 0.6) is 0 Å². The molecule has 0 aliphatic carbocycles. The van der Waals surface area contributed by atoms with Gasteiger partial charge in [-0.15, -0.1) is 0 Å². The number of hydrogen-bond acceptors (Lipinski definition) is 3. The predicted molar refractivity (Wildman–Crippen MR) is 51.4 cm³/mol. The molecule has 0 saturated carbocycles. The van der Waals surface area contributed by atoms with Gasteiger partial charge in [0.25, 0.3) is 10.1 Å². The second kappa shape index (κ2) is 3.99. The Morgan fingerprint density at radius 2 is 2.00 bits per heavy atom. The Labute approximate surface area is 79.3 Å². The second-order valence-corrected chi connectivity index (χ2v) is 5.00. The third kappa shape index (κ3) is 3.25. The highest BCUT2D eigenvalue weighted by molar-refractivity contribution is 7.86. The summed E-state index contributed by atoms with van der Waals surface area (Å²) in [5.74, 6) is 2.57. The highest BCUT2D eigenvalue weighted by Gasteiger charge is 2.36. The average Bonchev–Trinajstić information content (AvgIpc) is 1.83. The Hall–Kier alpha value is -0.730. The fraction of sp³-hybridized carbons (Fsp3) is 0.750. The summed E-state index contributed by atoms with van der Waals surface area (Å²) in [6.07, 6.45) is 0.306. The van der Waals surface area contributed by atoms with Gasteiger partial charge in [0.05, 0.1) is 0 Å². The van der Waals surface area contributed by atoms with Crippen molar-refractivity contribution in [3.05, 3.63) is 0 Å². The molecular formula is C8H15NO3S. The van der Waals surface area contributed by atoms with Crippen LogP contribution in [0, 0.1) is 17.4 Å². The van der Waals surface area contributed by atoms with Crippen molar-refractivity contribution < 1.29 is 13.0 Å². The summed E-state index contributed by atoms with van der Waals surface area (Å²) in [4.78, 5) is 0. The van der Waals surface area contributed by atoms with Gasteiger partial charge in [0, 0.05) is 11.5 Å². The van der Waals surface area contributed by atoms with Gasteiger partial charge in [0.15, 0.2) is 0 Å². The van der Waals surface area contributed by atoms with Crippen LogP contribution in [0.25, 0.3) is 0 Å². The van der Waals surface area contributed by atoms with Crippen molar-refractivity contribution in [1.82, 2.24) is 0 Å². The Bertz CT molecular complexity index is 321. The predicted octanol–water partition coefficient (Wildman–Crippen LogP) is 0.599. The summed E-state index contributed by atoms with van der Waals surface area (Å²) in [6, 6.07) is 2.17. The summed E-state index contributed by atoms with van der Waals surface area (Å²) < 4.78 is 30.8. The molecule has 0 aliphatic rings. The molecule has 4 nitrogen and oxygen atoms in total. The SMILES string of the molecule is CCC(C(C)(C)C#CN)S(=O)(=O)O. The van der Waals surface area contributed by atoms with Crippen molar-refractivity contribution in [2.45, 2.75) is 32.4 Å². The summed E-state index contributed by atoms with van der Waals surface area (Å²) >= 11 is 0. The van der Waals surface area contributed by atoms with Gasteiger partial charge >= 0.3 is 0 Å². The van der Waals surface area contributed by atoms with Crippen molar-refractivity contribution in [3.63, 3.8) is 0 Å². The standard InChI is InChI=1S/C8H15NO3S/c1-4-7(13(10,11)12)8(2,3)5-6-9/h7H,4,9H2,1-3H3,(H,10,11,12). The van der Waals surface area contributed by atoms with Gasteiger partial charge in [-0.3, -0.25) is 4.55 Å². The van der Waals surface area contributed by atoms with E-state index >= 15 is 0 Å². The van der Waals surface area contributed by atoms with E-state index in [0.717, 1.165) is 0 Å². The molecule has 3 N–H and O–H groups in total. The Morgan fingerprint density at radius 1 is 1.54 bits per heavy atom. The van der Waals surface area contributed by atoms with E-state index in [2.05, 4.69) is 12.0 Å². The molecule has 76 valence electrons. The minimum atomic E-state index is -4.05. The topological polar surface area (TPSA) is 80.4 Å². The molecule has 1 atom stereocenters. The lowest BCUT2D eigenvalue weighted by Crippen LogP contribution is -2.35. The normalized spacial score (nSPS) is 14.5. The maximum atomic E-state index is 10.9. The quantitative estimate of drug-likeness (QED) is 0.401. The lowest BCUT2D eigenvalue weighted by Gasteiger charge is -2.25. The molecule has 0 aromatic carbocycles. The van der Waals surface area contributed by atoms with E-state index in [0.29, 0.717) is 6.42 Å². The van der Waals surface area contributed by atoms with E-state index in [4.69, 9.17) is 10.3 Å². The Kier molecular flexibility index (Phi) is 3.76. The zero-order valence-corrected chi connectivity index (χ0v) is 8.85. The summed E-state index contributed by atoms with van der Waals surface area (Å²) in [7, 11) is -4.05. The molecule has 0 bridgehead atoms. The maximum absolute atomic E-state index is 10.9.